The standard InChI is InChI=1S/C10H14N2O2/c1-6-2-3-7(10(13)14)8(4-6)9(12)5-11/h2-4,9H,5,11-12H2,1H3,(H,13,14)/t9-/m0/s1. The van der Waals surface area contributed by atoms with Crippen LogP contribution in [-0.4, -0.2) is 17.6 Å². The summed E-state index contributed by atoms with van der Waals surface area (Å²) in [4.78, 5) is 10.9. The average Bonchev–Trinajstić information content (AvgIpc) is 2.16. The first-order chi connectivity index (χ1) is 6.56. The molecule has 0 aliphatic heterocycles. The number of aryl methyl sites for hydroxylation is 1. The average molecular weight is 194 g/mol. The normalized spacial score (nSPS) is 12.5. The van der Waals surface area contributed by atoms with Gasteiger partial charge in [-0.05, 0) is 18.6 Å². The van der Waals surface area contributed by atoms with Crippen LogP contribution in [0.3, 0.4) is 0 Å². The summed E-state index contributed by atoms with van der Waals surface area (Å²) in [5.74, 6) is -0.969. The molecule has 0 bridgehead atoms. The molecule has 0 spiro atoms. The van der Waals surface area contributed by atoms with Gasteiger partial charge in [-0.3, -0.25) is 0 Å². The highest BCUT2D eigenvalue weighted by Crippen LogP contribution is 2.17. The Bertz CT molecular complexity index is 350. The fourth-order valence-corrected chi connectivity index (χ4v) is 1.31. The second-order valence-corrected chi connectivity index (χ2v) is 3.24. The molecule has 0 saturated carbocycles. The Morgan fingerprint density at radius 3 is 2.71 bits per heavy atom. The van der Waals surface area contributed by atoms with Gasteiger partial charge in [-0.25, -0.2) is 4.79 Å². The highest BCUT2D eigenvalue weighted by molar-refractivity contribution is 5.89. The molecule has 5 N–H and O–H groups in total. The number of carboxylic acids is 1. The van der Waals surface area contributed by atoms with Crippen LogP contribution < -0.4 is 11.5 Å². The van der Waals surface area contributed by atoms with Gasteiger partial charge in [0.25, 0.3) is 0 Å². The number of nitrogens with two attached hydrogens (primary N) is 2. The van der Waals surface area contributed by atoms with Crippen molar-refractivity contribution in [3.63, 3.8) is 0 Å². The topological polar surface area (TPSA) is 89.3 Å². The van der Waals surface area contributed by atoms with Crippen molar-refractivity contribution in [2.45, 2.75) is 13.0 Å². The Kier molecular flexibility index (Phi) is 3.22. The lowest BCUT2D eigenvalue weighted by atomic mass is 9.98. The lowest BCUT2D eigenvalue weighted by Crippen LogP contribution is -2.23. The lowest BCUT2D eigenvalue weighted by molar-refractivity contribution is 0.0695. The van der Waals surface area contributed by atoms with Gasteiger partial charge in [0.1, 0.15) is 0 Å². The van der Waals surface area contributed by atoms with Crippen molar-refractivity contribution in [3.05, 3.63) is 34.9 Å². The summed E-state index contributed by atoms with van der Waals surface area (Å²) >= 11 is 0. The summed E-state index contributed by atoms with van der Waals surface area (Å²) in [6, 6.07) is 4.65. The van der Waals surface area contributed by atoms with Crippen LogP contribution in [0.2, 0.25) is 0 Å². The zero-order valence-corrected chi connectivity index (χ0v) is 8.03. The van der Waals surface area contributed by atoms with Crippen molar-refractivity contribution in [1.29, 1.82) is 0 Å². The minimum absolute atomic E-state index is 0.230. The van der Waals surface area contributed by atoms with Crippen molar-refractivity contribution < 1.29 is 9.90 Å². The maximum atomic E-state index is 10.9. The highest BCUT2D eigenvalue weighted by atomic mass is 16.4. The maximum Gasteiger partial charge on any atom is 0.336 e. The second kappa shape index (κ2) is 4.21. The predicted molar refractivity (Wildman–Crippen MR) is 54.1 cm³/mol. The molecule has 1 aromatic carbocycles. The Morgan fingerprint density at radius 2 is 2.21 bits per heavy atom. The van der Waals surface area contributed by atoms with E-state index < -0.39 is 12.0 Å². The monoisotopic (exact) mass is 194 g/mol. The van der Waals surface area contributed by atoms with Crippen LogP contribution in [0.4, 0.5) is 0 Å². The van der Waals surface area contributed by atoms with Gasteiger partial charge in [0.05, 0.1) is 5.56 Å². The quantitative estimate of drug-likeness (QED) is 0.659. The molecule has 0 aliphatic rings. The second-order valence-electron chi connectivity index (χ2n) is 3.24. The largest absolute Gasteiger partial charge is 0.478 e. The van der Waals surface area contributed by atoms with E-state index in [1.807, 2.05) is 6.92 Å². The van der Waals surface area contributed by atoms with E-state index in [1.165, 1.54) is 0 Å². The van der Waals surface area contributed by atoms with Gasteiger partial charge in [-0.2, -0.15) is 0 Å². The summed E-state index contributed by atoms with van der Waals surface area (Å²) in [5, 5.41) is 8.90. The fourth-order valence-electron chi connectivity index (χ4n) is 1.31. The van der Waals surface area contributed by atoms with E-state index in [9.17, 15) is 4.79 Å². The minimum Gasteiger partial charge on any atom is -0.478 e. The molecule has 14 heavy (non-hydrogen) atoms. The van der Waals surface area contributed by atoms with Crippen LogP contribution in [0, 0.1) is 6.92 Å². The zero-order valence-electron chi connectivity index (χ0n) is 8.03. The summed E-state index contributed by atoms with van der Waals surface area (Å²) in [5.41, 5.74) is 12.9. The molecular weight excluding hydrogens is 180 g/mol. The molecule has 1 atom stereocenters. The molecule has 0 saturated heterocycles. The van der Waals surface area contributed by atoms with E-state index in [0.29, 0.717) is 5.56 Å². The van der Waals surface area contributed by atoms with Crippen molar-refractivity contribution in [2.75, 3.05) is 6.54 Å². The van der Waals surface area contributed by atoms with Crippen LogP contribution in [0.15, 0.2) is 18.2 Å². The number of rotatable bonds is 3. The van der Waals surface area contributed by atoms with Crippen LogP contribution in [0.25, 0.3) is 0 Å². The van der Waals surface area contributed by atoms with E-state index in [2.05, 4.69) is 0 Å². The van der Waals surface area contributed by atoms with Gasteiger partial charge in [-0.1, -0.05) is 17.7 Å². The van der Waals surface area contributed by atoms with Crippen LogP contribution in [-0.2, 0) is 0 Å². The third kappa shape index (κ3) is 2.10. The smallest absolute Gasteiger partial charge is 0.336 e. The van der Waals surface area contributed by atoms with Crippen molar-refractivity contribution in [3.8, 4) is 0 Å². The summed E-state index contributed by atoms with van der Waals surface area (Å²) < 4.78 is 0. The lowest BCUT2D eigenvalue weighted by Gasteiger charge is -2.12. The molecule has 0 fully saturated rings. The number of carboxylic acid groups (broad SMARTS) is 1. The van der Waals surface area contributed by atoms with Crippen LogP contribution in [0.5, 0.6) is 0 Å². The first-order valence-corrected chi connectivity index (χ1v) is 4.35. The van der Waals surface area contributed by atoms with Gasteiger partial charge in [0.2, 0.25) is 0 Å². The van der Waals surface area contributed by atoms with E-state index >= 15 is 0 Å². The minimum atomic E-state index is -0.969. The SMILES string of the molecule is Cc1ccc(C(=O)O)c([C@@H](N)CN)c1. The van der Waals surface area contributed by atoms with Gasteiger partial charge in [-0.15, -0.1) is 0 Å². The van der Waals surface area contributed by atoms with E-state index in [-0.39, 0.29) is 12.1 Å². The van der Waals surface area contributed by atoms with E-state index in [4.69, 9.17) is 16.6 Å². The molecule has 4 heteroatoms. The zero-order chi connectivity index (χ0) is 10.7. The van der Waals surface area contributed by atoms with E-state index in [1.54, 1.807) is 18.2 Å². The Hall–Kier alpha value is -1.39. The summed E-state index contributed by atoms with van der Waals surface area (Å²) in [6.07, 6.45) is 0. The Labute approximate surface area is 82.5 Å². The highest BCUT2D eigenvalue weighted by Gasteiger charge is 2.14. The summed E-state index contributed by atoms with van der Waals surface area (Å²) in [7, 11) is 0. The van der Waals surface area contributed by atoms with Gasteiger partial charge in [0.15, 0.2) is 0 Å². The van der Waals surface area contributed by atoms with Crippen molar-refractivity contribution in [1.82, 2.24) is 0 Å². The third-order valence-electron chi connectivity index (χ3n) is 2.09. The van der Waals surface area contributed by atoms with E-state index in [0.717, 1.165) is 5.56 Å². The van der Waals surface area contributed by atoms with Crippen LogP contribution in [0.1, 0.15) is 27.5 Å². The number of hydrogen-bond acceptors (Lipinski definition) is 3. The Morgan fingerprint density at radius 1 is 1.57 bits per heavy atom. The third-order valence-corrected chi connectivity index (χ3v) is 2.09. The molecule has 76 valence electrons. The van der Waals surface area contributed by atoms with Crippen LogP contribution >= 0.6 is 0 Å². The van der Waals surface area contributed by atoms with Gasteiger partial charge >= 0.3 is 5.97 Å². The first-order valence-electron chi connectivity index (χ1n) is 4.35. The number of aromatic carboxylic acids is 1. The van der Waals surface area contributed by atoms with Gasteiger partial charge < -0.3 is 16.6 Å². The fraction of sp³-hybridized carbons (Fsp3) is 0.300. The molecule has 4 nitrogen and oxygen atoms in total. The Balaban J connectivity index is 3.22. The molecule has 1 aromatic rings. The molecular formula is C10H14N2O2. The molecule has 0 aromatic heterocycles. The molecule has 0 unspecified atom stereocenters. The van der Waals surface area contributed by atoms with Gasteiger partial charge in [0, 0.05) is 12.6 Å². The predicted octanol–water partition coefficient (Wildman–Crippen LogP) is 0.652. The molecule has 0 heterocycles. The number of benzene rings is 1. The molecule has 1 rings (SSSR count). The first kappa shape index (κ1) is 10.7. The maximum absolute atomic E-state index is 10.9. The van der Waals surface area contributed by atoms with Crippen molar-refractivity contribution in [2.24, 2.45) is 11.5 Å². The number of carbonyl (C=O) groups is 1. The summed E-state index contributed by atoms with van der Waals surface area (Å²) in [6.45, 7) is 2.13. The molecule has 0 aliphatic carbocycles. The molecule has 0 radical (unpaired) electrons. The molecule has 0 amide bonds. The number of hydrogen-bond donors (Lipinski definition) is 3. The van der Waals surface area contributed by atoms with Crippen molar-refractivity contribution >= 4 is 5.97 Å².